The molecule has 0 amide bonds. The summed E-state index contributed by atoms with van der Waals surface area (Å²) in [4.78, 5) is 6.06. The molecular weight excluding hydrogens is 900 g/mol. The zero-order valence-corrected chi connectivity index (χ0v) is 40.1. The summed E-state index contributed by atoms with van der Waals surface area (Å²) in [6, 6.07) is 29.9. The van der Waals surface area contributed by atoms with E-state index in [0.29, 0.717) is 30.2 Å². The van der Waals surface area contributed by atoms with E-state index < -0.39 is 29.3 Å². The maximum Gasteiger partial charge on any atom is 0.540 e. The van der Waals surface area contributed by atoms with Gasteiger partial charge in [0.05, 0.1) is 33.6 Å². The molecule has 4 rings (SSSR count). The summed E-state index contributed by atoms with van der Waals surface area (Å²) in [5.74, 6) is 2.66. The quantitative estimate of drug-likeness (QED) is 0.0334. The summed E-state index contributed by atoms with van der Waals surface area (Å²) >= 11 is 11.1. The van der Waals surface area contributed by atoms with E-state index in [9.17, 15) is 9.13 Å². The molecule has 16 nitrogen and oxygen atoms in total. The Morgan fingerprint density at radius 1 is 0.574 bits per heavy atom. The lowest BCUT2D eigenvalue weighted by atomic mass is 10.1. The van der Waals surface area contributed by atoms with Gasteiger partial charge in [0.15, 0.2) is 18.2 Å². The minimum atomic E-state index is -3.43. The number of benzene rings is 4. The average Bonchev–Trinajstić information content (AvgIpc) is 3.29. The smallest absolute Gasteiger partial charge is 0.497 e. The van der Waals surface area contributed by atoms with Crippen molar-refractivity contribution in [1.82, 2.24) is 14.5 Å². The zero-order valence-electron chi connectivity index (χ0n) is 34.9. The second kappa shape index (κ2) is 25.2. The van der Waals surface area contributed by atoms with Crippen molar-refractivity contribution in [2.75, 3.05) is 75.5 Å². The fourth-order valence-corrected chi connectivity index (χ4v) is 9.22. The minimum Gasteiger partial charge on any atom is -0.497 e. The van der Waals surface area contributed by atoms with E-state index in [1.165, 1.54) is 28.4 Å². The lowest BCUT2D eigenvalue weighted by molar-refractivity contribution is 0.224. The van der Waals surface area contributed by atoms with Crippen molar-refractivity contribution in [3.8, 4) is 23.0 Å². The fourth-order valence-electron chi connectivity index (χ4n) is 4.95. The number of ether oxygens (including phenoxy) is 2. The van der Waals surface area contributed by atoms with E-state index in [2.05, 4.69) is 15.2 Å². The number of rotatable bonds is 26. The Morgan fingerprint density at radius 3 is 1.39 bits per heavy atom. The van der Waals surface area contributed by atoms with Gasteiger partial charge in [-0.2, -0.15) is 0 Å². The third-order valence-electron chi connectivity index (χ3n) is 8.51. The number of aliphatic imine (C=N–C) groups is 1. The highest BCUT2D eigenvalue weighted by Gasteiger charge is 2.31. The number of nitrogens with zero attached hydrogens (tertiary/aromatic N) is 6. The first-order chi connectivity index (χ1) is 29.3. The number of hydrogen-bond acceptors (Lipinski definition) is 16. The van der Waals surface area contributed by atoms with E-state index in [4.69, 9.17) is 60.2 Å². The molecule has 0 N–H and O–H groups in total. The van der Waals surface area contributed by atoms with Crippen molar-refractivity contribution in [2.24, 2.45) is 15.2 Å². The van der Waals surface area contributed by atoms with Crippen LogP contribution in [0.4, 0.5) is 0 Å². The monoisotopic (exact) mass is 950 g/mol. The Hall–Kier alpha value is -4.01. The van der Waals surface area contributed by atoms with E-state index >= 15 is 0 Å². The Morgan fingerprint density at radius 2 is 0.967 bits per heavy atom. The van der Waals surface area contributed by atoms with Gasteiger partial charge in [-0.15, -0.1) is 10.2 Å². The molecule has 22 heteroatoms. The molecule has 0 radical (unpaired) electrons. The third-order valence-corrected chi connectivity index (χ3v) is 16.0. The van der Waals surface area contributed by atoms with E-state index in [-0.39, 0.29) is 19.3 Å². The summed E-state index contributed by atoms with van der Waals surface area (Å²) in [5, 5.41) is 8.86. The summed E-state index contributed by atoms with van der Waals surface area (Å²) < 4.78 is 72.1. The molecule has 0 aliphatic carbocycles. The van der Waals surface area contributed by atoms with Crippen LogP contribution < -0.4 is 18.5 Å². The predicted molar refractivity (Wildman–Crippen MR) is 249 cm³/mol. The summed E-state index contributed by atoms with van der Waals surface area (Å²) in [5.41, 5.74) is 3.61. The summed E-state index contributed by atoms with van der Waals surface area (Å²) in [6.07, 6.45) is 5.50. The van der Waals surface area contributed by atoms with Crippen LogP contribution in [0.15, 0.2) is 112 Å². The molecule has 61 heavy (non-hydrogen) atoms. The Balaban J connectivity index is 1.18. The Labute approximate surface area is 369 Å². The Bertz CT molecular complexity index is 2160. The van der Waals surface area contributed by atoms with Gasteiger partial charge < -0.3 is 27.6 Å². The first-order valence-electron chi connectivity index (χ1n) is 18.3. The number of methoxy groups -OCH3 is 1. The molecule has 4 aromatic rings. The standard InChI is InChI=1S/C39H50N6O10P4S2/c1-43(41-27-34-10-16-36(48-3)17-11-34)57(61)55-39-22-14-33(15-23-39)26-40-29-53-37-18-12-35(13-19-37)28-42-44(2)56(60)54-38-20-8-32(9-21-38)24-25-45(30-58(46,49-4)50-5)31-59(47,51-6)52-7/h8-23,26-28H,24-25,29-31H2,1-7H3/q+2/b40-26?,41-27+,42-28+. The van der Waals surface area contributed by atoms with Crippen LogP contribution in [0, 0.1) is 0 Å². The number of hydrazone groups is 2. The maximum absolute atomic E-state index is 12.8. The SMILES string of the molecule is COc1ccc(/C=N/N(C)[P+](=S)Oc2ccc(C=NCOc3ccc(/C=N/N(C)[P+](=S)Oc4ccc(CCN(CP(=O)(OC)OC)CP(=O)(OC)OC)cc4)cc3)cc2)cc1. The molecule has 326 valence electrons. The second-order valence-electron chi connectivity index (χ2n) is 12.6. The maximum atomic E-state index is 12.8. The highest BCUT2D eigenvalue weighted by atomic mass is 32.4. The zero-order chi connectivity index (χ0) is 44.3. The highest BCUT2D eigenvalue weighted by Crippen LogP contribution is 2.51. The third kappa shape index (κ3) is 17.0. The van der Waals surface area contributed by atoms with Crippen molar-refractivity contribution < 1.29 is 45.7 Å². The van der Waals surface area contributed by atoms with Crippen molar-refractivity contribution in [3.05, 3.63) is 119 Å². The van der Waals surface area contributed by atoms with Crippen LogP contribution in [0.2, 0.25) is 0 Å². The lowest BCUT2D eigenvalue weighted by Gasteiger charge is -2.27. The van der Waals surface area contributed by atoms with E-state index in [1.807, 2.05) is 97.1 Å². The van der Waals surface area contributed by atoms with Crippen LogP contribution >= 0.6 is 29.3 Å². The second-order valence-corrected chi connectivity index (χ2v) is 21.5. The topological polar surface area (TPSA) is 155 Å². The molecule has 0 aliphatic heterocycles. The average molecular weight is 951 g/mol. The first kappa shape index (κ1) is 49.6. The molecule has 0 saturated carbocycles. The first-order valence-corrected chi connectivity index (χ1v) is 26.3. The van der Waals surface area contributed by atoms with E-state index in [0.717, 1.165) is 28.0 Å². The Kier molecular flexibility index (Phi) is 20.5. The summed E-state index contributed by atoms with van der Waals surface area (Å²) in [6.45, 7) is 0.519. The van der Waals surface area contributed by atoms with Crippen molar-refractivity contribution in [1.29, 1.82) is 0 Å². The van der Waals surface area contributed by atoms with Gasteiger partial charge in [-0.3, -0.25) is 28.1 Å². The van der Waals surface area contributed by atoms with Crippen molar-refractivity contribution >= 4 is 71.6 Å². The molecule has 0 bridgehead atoms. The van der Waals surface area contributed by atoms with Gasteiger partial charge in [-0.1, -0.05) is 21.7 Å². The van der Waals surface area contributed by atoms with Gasteiger partial charge >= 0.3 is 29.3 Å². The molecular formula is C39H50N6O10P4S2+2. The van der Waals surface area contributed by atoms with Crippen molar-refractivity contribution in [3.63, 3.8) is 0 Å². The van der Waals surface area contributed by atoms with Crippen molar-refractivity contribution in [2.45, 2.75) is 6.42 Å². The molecule has 0 aromatic heterocycles. The largest absolute Gasteiger partial charge is 0.540 e. The van der Waals surface area contributed by atoms with Gasteiger partial charge in [0, 0.05) is 41.2 Å². The van der Waals surface area contributed by atoms with Crippen LogP contribution in [0.5, 0.6) is 23.0 Å². The number of hydrogen-bond donors (Lipinski definition) is 0. The molecule has 2 unspecified atom stereocenters. The van der Waals surface area contributed by atoms with Crippen LogP contribution in [-0.2, 0) is 57.3 Å². The molecule has 4 aromatic carbocycles. The molecule has 2 atom stereocenters. The fraction of sp³-hybridized carbons (Fsp3) is 0.308. The van der Waals surface area contributed by atoms with Crippen LogP contribution in [0.25, 0.3) is 0 Å². The molecule has 0 saturated heterocycles. The van der Waals surface area contributed by atoms with Gasteiger partial charge in [0.2, 0.25) is 23.6 Å². The van der Waals surface area contributed by atoms with Crippen LogP contribution in [-0.4, -0.2) is 109 Å². The van der Waals surface area contributed by atoms with Crippen LogP contribution in [0.1, 0.15) is 22.3 Å². The van der Waals surface area contributed by atoms with Gasteiger partial charge in [-0.05, 0) is 114 Å². The van der Waals surface area contributed by atoms with Gasteiger partial charge in [-0.25, -0.2) is 0 Å². The minimum absolute atomic E-state index is 0.0886. The van der Waals surface area contributed by atoms with Gasteiger partial charge in [0.1, 0.15) is 24.1 Å². The lowest BCUT2D eigenvalue weighted by Crippen LogP contribution is -2.29. The van der Waals surface area contributed by atoms with Gasteiger partial charge in [0.25, 0.3) is 0 Å². The summed E-state index contributed by atoms with van der Waals surface area (Å²) in [7, 11) is 0.619. The normalized spacial score (nSPS) is 12.6. The van der Waals surface area contributed by atoms with Crippen LogP contribution in [0.3, 0.4) is 0 Å². The highest BCUT2D eigenvalue weighted by molar-refractivity contribution is 8.02. The molecule has 0 heterocycles. The van der Waals surface area contributed by atoms with E-state index in [1.54, 1.807) is 54.3 Å². The predicted octanol–water partition coefficient (Wildman–Crippen LogP) is 9.12. The molecule has 0 fully saturated rings. The molecule has 0 aliphatic rings. The molecule has 0 spiro atoms.